The molecule has 0 aliphatic carbocycles. The average Bonchev–Trinajstić information content (AvgIpc) is 3.23. The Hall–Kier alpha value is -2.98. The summed E-state index contributed by atoms with van der Waals surface area (Å²) < 4.78 is 4.81. The summed E-state index contributed by atoms with van der Waals surface area (Å²) in [6.07, 6.45) is 1.15. The number of rotatable bonds is 6. The smallest absolute Gasteiger partial charge is 0.332 e. The largest absolute Gasteiger partial charge is 0.463 e. The number of nitrogens with zero attached hydrogens (tertiary/aromatic N) is 3. The van der Waals surface area contributed by atoms with Crippen LogP contribution in [0.4, 0.5) is 10.8 Å². The van der Waals surface area contributed by atoms with Gasteiger partial charge in [-0.1, -0.05) is 29.5 Å². The van der Waals surface area contributed by atoms with Crippen molar-refractivity contribution < 1.29 is 14.3 Å². The van der Waals surface area contributed by atoms with Crippen molar-refractivity contribution in [3.63, 3.8) is 0 Å². The van der Waals surface area contributed by atoms with Crippen LogP contribution in [0.3, 0.4) is 0 Å². The van der Waals surface area contributed by atoms with Gasteiger partial charge in [-0.05, 0) is 44.7 Å². The predicted octanol–water partition coefficient (Wildman–Crippen LogP) is 3.59. The van der Waals surface area contributed by atoms with Crippen LogP contribution >= 0.6 is 23.1 Å². The molecule has 0 spiro atoms. The Balaban J connectivity index is 1.71. The second kappa shape index (κ2) is 9.48. The van der Waals surface area contributed by atoms with Crippen LogP contribution in [0, 0.1) is 6.92 Å². The molecule has 1 aliphatic rings. The fourth-order valence-corrected chi connectivity index (χ4v) is 4.02. The van der Waals surface area contributed by atoms with Gasteiger partial charge in [0.2, 0.25) is 0 Å². The molecule has 0 bridgehead atoms. The second-order valence-corrected chi connectivity index (χ2v) is 7.86. The van der Waals surface area contributed by atoms with Crippen molar-refractivity contribution in [2.75, 3.05) is 11.9 Å². The second-order valence-electron chi connectivity index (χ2n) is 5.83. The van der Waals surface area contributed by atoms with Crippen LogP contribution in [0.25, 0.3) is 0 Å². The standard InChI is InChI=1S/C19H19N5O3S2/c1-4-27-15(25)10-14-17(26)22-19(28-14)24-23-12(3)16-11(2)20-18(29-16)21-13-8-6-5-7-9-13/h5-10H,4H2,1-3H3,(H,20,21)(H,22,24,26)/b14-10+,23-12+. The summed E-state index contributed by atoms with van der Waals surface area (Å²) in [5.74, 6) is -0.970. The highest BCUT2D eigenvalue weighted by Crippen LogP contribution is 2.27. The summed E-state index contributed by atoms with van der Waals surface area (Å²) in [4.78, 5) is 29.1. The number of nitrogens with one attached hydrogen (secondary N) is 2. The zero-order valence-electron chi connectivity index (χ0n) is 16.1. The molecular weight excluding hydrogens is 410 g/mol. The first-order chi connectivity index (χ1) is 14.0. The van der Waals surface area contributed by atoms with Crippen molar-refractivity contribution in [1.29, 1.82) is 0 Å². The lowest BCUT2D eigenvalue weighted by Crippen LogP contribution is -2.19. The molecule has 150 valence electrons. The number of ether oxygens (including phenoxy) is 1. The van der Waals surface area contributed by atoms with Crippen molar-refractivity contribution >= 4 is 56.7 Å². The Morgan fingerprint density at radius 1 is 1.34 bits per heavy atom. The quantitative estimate of drug-likeness (QED) is 0.315. The SMILES string of the molecule is CCOC(=O)/C=C1/S/C(=N\N=C(/C)c2sc(Nc3ccccc3)nc2C)NC1=O. The first kappa shape index (κ1) is 20.7. The van der Waals surface area contributed by atoms with E-state index in [-0.39, 0.29) is 11.5 Å². The van der Waals surface area contributed by atoms with Gasteiger partial charge in [0, 0.05) is 11.8 Å². The Bertz CT molecular complexity index is 1010. The van der Waals surface area contributed by atoms with Crippen molar-refractivity contribution in [1.82, 2.24) is 10.3 Å². The van der Waals surface area contributed by atoms with Gasteiger partial charge in [-0.2, -0.15) is 5.10 Å². The molecular formula is C19H19N5O3S2. The van der Waals surface area contributed by atoms with E-state index < -0.39 is 11.9 Å². The van der Waals surface area contributed by atoms with E-state index in [2.05, 4.69) is 25.8 Å². The lowest BCUT2D eigenvalue weighted by molar-refractivity contribution is -0.137. The number of para-hydroxylation sites is 1. The molecule has 1 saturated heterocycles. The number of aryl methyl sites for hydroxylation is 1. The third-order valence-electron chi connectivity index (χ3n) is 3.63. The Morgan fingerprint density at radius 3 is 2.83 bits per heavy atom. The third-order valence-corrected chi connectivity index (χ3v) is 5.71. The molecule has 1 aliphatic heterocycles. The average molecular weight is 430 g/mol. The minimum absolute atomic E-state index is 0.221. The number of amides is 1. The summed E-state index contributed by atoms with van der Waals surface area (Å²) in [5, 5.41) is 15.2. The predicted molar refractivity (Wildman–Crippen MR) is 117 cm³/mol. The van der Waals surface area contributed by atoms with E-state index in [0.29, 0.717) is 10.9 Å². The molecule has 1 aromatic carbocycles. The van der Waals surface area contributed by atoms with E-state index in [9.17, 15) is 9.59 Å². The number of hydrogen-bond acceptors (Lipinski definition) is 9. The van der Waals surface area contributed by atoms with Crippen LogP contribution in [-0.4, -0.2) is 34.3 Å². The lowest BCUT2D eigenvalue weighted by atomic mass is 10.3. The van der Waals surface area contributed by atoms with Gasteiger partial charge < -0.3 is 10.1 Å². The molecule has 0 saturated carbocycles. The molecule has 0 radical (unpaired) electrons. The number of thioether (sulfide) groups is 1. The van der Waals surface area contributed by atoms with Crippen molar-refractivity contribution in [2.24, 2.45) is 10.2 Å². The summed E-state index contributed by atoms with van der Waals surface area (Å²) >= 11 is 2.51. The van der Waals surface area contributed by atoms with E-state index in [1.54, 1.807) is 6.92 Å². The molecule has 10 heteroatoms. The lowest BCUT2D eigenvalue weighted by Gasteiger charge is -2.00. The fraction of sp³-hybridized carbons (Fsp3) is 0.211. The van der Waals surface area contributed by atoms with Gasteiger partial charge in [0.15, 0.2) is 10.3 Å². The fourth-order valence-electron chi connectivity index (χ4n) is 2.36. The molecule has 1 aromatic heterocycles. The van der Waals surface area contributed by atoms with Crippen molar-refractivity contribution in [2.45, 2.75) is 20.8 Å². The summed E-state index contributed by atoms with van der Waals surface area (Å²) in [6, 6.07) is 9.78. The van der Waals surface area contributed by atoms with Crippen LogP contribution < -0.4 is 10.6 Å². The van der Waals surface area contributed by atoms with Gasteiger partial charge in [0.05, 0.1) is 27.8 Å². The van der Waals surface area contributed by atoms with E-state index in [1.165, 1.54) is 11.3 Å². The number of hydrogen-bond donors (Lipinski definition) is 2. The Kier molecular flexibility index (Phi) is 6.78. The van der Waals surface area contributed by atoms with Gasteiger partial charge in [-0.15, -0.1) is 5.10 Å². The molecule has 2 N–H and O–H groups in total. The van der Waals surface area contributed by atoms with Gasteiger partial charge in [-0.3, -0.25) is 10.1 Å². The summed E-state index contributed by atoms with van der Waals surface area (Å²) in [7, 11) is 0. The van der Waals surface area contributed by atoms with Crippen LogP contribution in [0.15, 0.2) is 51.5 Å². The van der Waals surface area contributed by atoms with Gasteiger partial charge in [0.25, 0.3) is 5.91 Å². The molecule has 2 heterocycles. The Labute approximate surface area is 176 Å². The number of aromatic nitrogens is 1. The highest BCUT2D eigenvalue weighted by atomic mass is 32.2. The van der Waals surface area contributed by atoms with Crippen molar-refractivity contribution in [3.05, 3.63) is 51.9 Å². The zero-order chi connectivity index (χ0) is 20.8. The summed E-state index contributed by atoms with van der Waals surface area (Å²) in [6.45, 7) is 5.67. The number of amidine groups is 1. The van der Waals surface area contributed by atoms with Crippen LogP contribution in [0.5, 0.6) is 0 Å². The maximum Gasteiger partial charge on any atom is 0.332 e. The first-order valence-corrected chi connectivity index (χ1v) is 10.4. The summed E-state index contributed by atoms with van der Waals surface area (Å²) in [5.41, 5.74) is 2.46. The topological polar surface area (TPSA) is 105 Å². The number of thiazole rings is 1. The number of carbonyl (C=O) groups is 2. The molecule has 0 unspecified atom stereocenters. The molecule has 1 amide bonds. The molecule has 1 fully saturated rings. The number of benzene rings is 1. The van der Waals surface area contributed by atoms with Gasteiger partial charge in [-0.25, -0.2) is 9.78 Å². The highest BCUT2D eigenvalue weighted by Gasteiger charge is 2.25. The van der Waals surface area contributed by atoms with E-state index in [4.69, 9.17) is 4.74 Å². The molecule has 3 rings (SSSR count). The monoisotopic (exact) mass is 429 g/mol. The number of carbonyl (C=O) groups excluding carboxylic acids is 2. The molecule has 0 atom stereocenters. The molecule has 8 nitrogen and oxygen atoms in total. The molecule has 2 aromatic rings. The minimum atomic E-state index is -0.565. The Morgan fingerprint density at radius 2 is 2.10 bits per heavy atom. The van der Waals surface area contributed by atoms with Crippen molar-refractivity contribution in [3.8, 4) is 0 Å². The number of anilines is 2. The normalized spacial score (nSPS) is 16.9. The van der Waals surface area contributed by atoms with E-state index >= 15 is 0 Å². The third kappa shape index (κ3) is 5.52. The first-order valence-electron chi connectivity index (χ1n) is 8.76. The van der Waals surface area contributed by atoms with Crippen LogP contribution in [0.1, 0.15) is 24.4 Å². The highest BCUT2D eigenvalue weighted by molar-refractivity contribution is 8.18. The van der Waals surface area contributed by atoms with E-state index in [0.717, 1.165) is 39.2 Å². The van der Waals surface area contributed by atoms with Gasteiger partial charge in [0.1, 0.15) is 0 Å². The van der Waals surface area contributed by atoms with Gasteiger partial charge >= 0.3 is 5.97 Å². The van der Waals surface area contributed by atoms with E-state index in [1.807, 2.05) is 44.2 Å². The minimum Gasteiger partial charge on any atom is -0.463 e. The van der Waals surface area contributed by atoms with Crippen LogP contribution in [-0.2, 0) is 14.3 Å². The maximum atomic E-state index is 11.9. The van der Waals surface area contributed by atoms with Crippen LogP contribution in [0.2, 0.25) is 0 Å². The zero-order valence-corrected chi connectivity index (χ0v) is 17.7. The molecule has 29 heavy (non-hydrogen) atoms. The maximum absolute atomic E-state index is 11.9. The number of esters is 1.